The van der Waals surface area contributed by atoms with E-state index in [2.05, 4.69) is 10.3 Å². The number of non-ortho nitro benzene ring substituents is 1. The van der Waals surface area contributed by atoms with Crippen LogP contribution in [0.1, 0.15) is 10.4 Å². The minimum absolute atomic E-state index is 0.00539. The van der Waals surface area contributed by atoms with Crippen LogP contribution in [-0.4, -0.2) is 22.9 Å². The molecular formula is C15H11N3O4S. The standard InChI is InChI=1S/C15H11N3O4S/c1-22-11-5-2-9(3-6-11)14(19)17-15-16-12-7-4-10(18(20)21)8-13(12)23-15/h2-8H,1H3,(H,16,17,19). The largest absolute Gasteiger partial charge is 0.497 e. The van der Waals surface area contributed by atoms with E-state index in [-0.39, 0.29) is 11.6 Å². The normalized spacial score (nSPS) is 10.5. The summed E-state index contributed by atoms with van der Waals surface area (Å²) in [6.45, 7) is 0. The van der Waals surface area contributed by atoms with Crippen molar-refractivity contribution in [2.45, 2.75) is 0 Å². The SMILES string of the molecule is COc1ccc(C(=O)Nc2nc3ccc([N+](=O)[O-])cc3s2)cc1. The van der Waals surface area contributed by atoms with Gasteiger partial charge in [0.2, 0.25) is 0 Å². The van der Waals surface area contributed by atoms with Gasteiger partial charge in [-0.15, -0.1) is 0 Å². The molecule has 0 atom stereocenters. The Morgan fingerprint density at radius 1 is 1.26 bits per heavy atom. The molecule has 0 spiro atoms. The zero-order valence-corrected chi connectivity index (χ0v) is 12.8. The molecule has 7 nitrogen and oxygen atoms in total. The maximum absolute atomic E-state index is 12.2. The highest BCUT2D eigenvalue weighted by Gasteiger charge is 2.13. The number of carbonyl (C=O) groups is 1. The van der Waals surface area contributed by atoms with Crippen LogP contribution in [0.5, 0.6) is 5.75 Å². The molecule has 1 heterocycles. The van der Waals surface area contributed by atoms with Gasteiger partial charge in [0.25, 0.3) is 11.6 Å². The summed E-state index contributed by atoms with van der Waals surface area (Å²) in [5.41, 5.74) is 1.07. The third-order valence-corrected chi connectivity index (χ3v) is 4.09. The number of fused-ring (bicyclic) bond motifs is 1. The number of ether oxygens (including phenoxy) is 1. The molecule has 1 N–H and O–H groups in total. The summed E-state index contributed by atoms with van der Waals surface area (Å²) in [6, 6.07) is 11.1. The second-order valence-corrected chi connectivity index (χ2v) is 5.64. The average molecular weight is 329 g/mol. The van der Waals surface area contributed by atoms with Gasteiger partial charge in [-0.05, 0) is 30.3 Å². The Balaban J connectivity index is 1.82. The Labute approximate surface area is 134 Å². The average Bonchev–Trinajstić information content (AvgIpc) is 2.96. The number of nitrogens with one attached hydrogen (secondary N) is 1. The molecule has 3 rings (SSSR count). The van der Waals surface area contributed by atoms with E-state index >= 15 is 0 Å². The maximum Gasteiger partial charge on any atom is 0.270 e. The van der Waals surface area contributed by atoms with E-state index in [1.54, 1.807) is 37.4 Å². The van der Waals surface area contributed by atoms with Crippen molar-refractivity contribution in [3.05, 3.63) is 58.1 Å². The summed E-state index contributed by atoms with van der Waals surface area (Å²) < 4.78 is 5.68. The molecule has 0 fully saturated rings. The first-order valence-electron chi connectivity index (χ1n) is 6.57. The number of nitrogens with zero attached hydrogens (tertiary/aromatic N) is 2. The summed E-state index contributed by atoms with van der Waals surface area (Å²) in [4.78, 5) is 26.7. The molecule has 116 valence electrons. The monoisotopic (exact) mass is 329 g/mol. The molecule has 0 aliphatic heterocycles. The number of aromatic nitrogens is 1. The Morgan fingerprint density at radius 3 is 2.65 bits per heavy atom. The minimum atomic E-state index is -0.464. The molecule has 23 heavy (non-hydrogen) atoms. The number of methoxy groups -OCH3 is 1. The van der Waals surface area contributed by atoms with Crippen LogP contribution in [-0.2, 0) is 0 Å². The first kappa shape index (κ1) is 14.9. The number of carbonyl (C=O) groups excluding carboxylic acids is 1. The number of amides is 1. The second-order valence-electron chi connectivity index (χ2n) is 4.61. The first-order valence-corrected chi connectivity index (χ1v) is 7.39. The van der Waals surface area contributed by atoms with Crippen LogP contribution in [0.3, 0.4) is 0 Å². The lowest BCUT2D eigenvalue weighted by molar-refractivity contribution is -0.384. The lowest BCUT2D eigenvalue weighted by atomic mass is 10.2. The van der Waals surface area contributed by atoms with Crippen molar-refractivity contribution in [1.82, 2.24) is 4.98 Å². The highest BCUT2D eigenvalue weighted by atomic mass is 32.1. The Morgan fingerprint density at radius 2 is 2.00 bits per heavy atom. The van der Waals surface area contributed by atoms with Crippen LogP contribution in [0, 0.1) is 10.1 Å². The molecule has 0 saturated carbocycles. The molecule has 0 bridgehead atoms. The zero-order valence-electron chi connectivity index (χ0n) is 12.0. The van der Waals surface area contributed by atoms with Crippen LogP contribution in [0.25, 0.3) is 10.2 Å². The van der Waals surface area contributed by atoms with Gasteiger partial charge in [-0.2, -0.15) is 0 Å². The summed E-state index contributed by atoms with van der Waals surface area (Å²) >= 11 is 1.19. The zero-order chi connectivity index (χ0) is 16.4. The quantitative estimate of drug-likeness (QED) is 0.584. The predicted octanol–water partition coefficient (Wildman–Crippen LogP) is 3.47. The number of nitro groups is 1. The van der Waals surface area contributed by atoms with Gasteiger partial charge in [-0.3, -0.25) is 20.2 Å². The van der Waals surface area contributed by atoms with Crippen molar-refractivity contribution in [1.29, 1.82) is 0 Å². The number of thiazole rings is 1. The molecule has 8 heteroatoms. The van der Waals surface area contributed by atoms with Gasteiger partial charge in [-0.1, -0.05) is 11.3 Å². The second kappa shape index (κ2) is 6.01. The fourth-order valence-corrected chi connectivity index (χ4v) is 2.89. The van der Waals surface area contributed by atoms with E-state index in [4.69, 9.17) is 4.74 Å². The molecule has 0 aliphatic carbocycles. The van der Waals surface area contributed by atoms with Crippen LogP contribution >= 0.6 is 11.3 Å². The highest BCUT2D eigenvalue weighted by molar-refractivity contribution is 7.22. The third kappa shape index (κ3) is 3.11. The van der Waals surface area contributed by atoms with Crippen molar-refractivity contribution >= 4 is 38.3 Å². The van der Waals surface area contributed by atoms with E-state index in [1.807, 2.05) is 0 Å². The lowest BCUT2D eigenvalue weighted by Gasteiger charge is -2.03. The molecule has 0 unspecified atom stereocenters. The fraction of sp³-hybridized carbons (Fsp3) is 0.0667. The topological polar surface area (TPSA) is 94.4 Å². The number of hydrogen-bond acceptors (Lipinski definition) is 6. The van der Waals surface area contributed by atoms with Gasteiger partial charge in [0, 0.05) is 17.7 Å². The molecular weight excluding hydrogens is 318 g/mol. The summed E-state index contributed by atoms with van der Waals surface area (Å²) in [6.07, 6.45) is 0. The molecule has 0 aliphatic rings. The number of nitro benzene ring substituents is 1. The lowest BCUT2D eigenvalue weighted by Crippen LogP contribution is -2.11. The van der Waals surface area contributed by atoms with E-state index in [1.165, 1.54) is 23.5 Å². The van der Waals surface area contributed by atoms with Gasteiger partial charge in [-0.25, -0.2) is 4.98 Å². The van der Waals surface area contributed by atoms with E-state index in [9.17, 15) is 14.9 Å². The maximum atomic E-state index is 12.2. The van der Waals surface area contributed by atoms with Crippen molar-refractivity contribution in [2.75, 3.05) is 12.4 Å². The summed E-state index contributed by atoms with van der Waals surface area (Å²) in [5.74, 6) is 0.357. The van der Waals surface area contributed by atoms with Crippen molar-refractivity contribution < 1.29 is 14.5 Å². The van der Waals surface area contributed by atoms with Gasteiger partial charge >= 0.3 is 0 Å². The fourth-order valence-electron chi connectivity index (χ4n) is 1.99. The Kier molecular flexibility index (Phi) is 3.90. The molecule has 2 aromatic carbocycles. The molecule has 1 amide bonds. The smallest absolute Gasteiger partial charge is 0.270 e. The van der Waals surface area contributed by atoms with Crippen LogP contribution in [0.2, 0.25) is 0 Å². The van der Waals surface area contributed by atoms with Crippen LogP contribution < -0.4 is 10.1 Å². The number of anilines is 1. The highest BCUT2D eigenvalue weighted by Crippen LogP contribution is 2.29. The third-order valence-electron chi connectivity index (χ3n) is 3.16. The summed E-state index contributed by atoms with van der Waals surface area (Å²) in [5, 5.41) is 13.9. The number of benzene rings is 2. The van der Waals surface area contributed by atoms with Crippen molar-refractivity contribution in [3.8, 4) is 5.75 Å². The van der Waals surface area contributed by atoms with Gasteiger partial charge < -0.3 is 4.74 Å². The Bertz CT molecular complexity index is 889. The molecule has 3 aromatic rings. The van der Waals surface area contributed by atoms with Crippen LogP contribution in [0.4, 0.5) is 10.8 Å². The minimum Gasteiger partial charge on any atom is -0.497 e. The van der Waals surface area contributed by atoms with E-state index in [0.29, 0.717) is 26.7 Å². The first-order chi connectivity index (χ1) is 11.1. The van der Waals surface area contributed by atoms with Crippen molar-refractivity contribution in [2.24, 2.45) is 0 Å². The number of hydrogen-bond donors (Lipinski definition) is 1. The molecule has 1 aromatic heterocycles. The van der Waals surface area contributed by atoms with Crippen LogP contribution in [0.15, 0.2) is 42.5 Å². The van der Waals surface area contributed by atoms with E-state index in [0.717, 1.165) is 0 Å². The molecule has 0 saturated heterocycles. The van der Waals surface area contributed by atoms with Gasteiger partial charge in [0.05, 0.1) is 22.2 Å². The van der Waals surface area contributed by atoms with E-state index < -0.39 is 4.92 Å². The summed E-state index contributed by atoms with van der Waals surface area (Å²) in [7, 11) is 1.55. The predicted molar refractivity (Wildman–Crippen MR) is 87.2 cm³/mol. The van der Waals surface area contributed by atoms with Crippen molar-refractivity contribution in [3.63, 3.8) is 0 Å². The number of rotatable bonds is 4. The van der Waals surface area contributed by atoms with Gasteiger partial charge in [0.1, 0.15) is 5.75 Å². The van der Waals surface area contributed by atoms with Gasteiger partial charge in [0.15, 0.2) is 5.13 Å². The Hall–Kier alpha value is -3.00. The molecule has 0 radical (unpaired) electrons.